The molecular formula is C12H9FN6O. The van der Waals surface area contributed by atoms with Gasteiger partial charge in [0.25, 0.3) is 5.91 Å². The van der Waals surface area contributed by atoms with Crippen LogP contribution in [0.4, 0.5) is 16.0 Å². The van der Waals surface area contributed by atoms with Crippen LogP contribution in [0.15, 0.2) is 30.6 Å². The molecule has 0 saturated carbocycles. The highest BCUT2D eigenvalue weighted by Crippen LogP contribution is 2.25. The van der Waals surface area contributed by atoms with Crippen molar-refractivity contribution in [3.05, 3.63) is 42.1 Å². The number of anilines is 2. The van der Waals surface area contributed by atoms with Crippen LogP contribution in [0, 0.1) is 5.82 Å². The summed E-state index contributed by atoms with van der Waals surface area (Å²) in [4.78, 5) is 17.7. The van der Waals surface area contributed by atoms with E-state index < -0.39 is 5.91 Å². The minimum Gasteiger partial charge on any atom is -0.364 e. The van der Waals surface area contributed by atoms with E-state index in [4.69, 9.17) is 5.73 Å². The average molecular weight is 272 g/mol. The molecule has 0 aliphatic rings. The number of nitrogens with two attached hydrogens (primary N) is 1. The van der Waals surface area contributed by atoms with Crippen LogP contribution < -0.4 is 11.1 Å². The zero-order chi connectivity index (χ0) is 14.1. The number of H-pyrrole nitrogens is 1. The molecule has 0 bridgehead atoms. The highest BCUT2D eigenvalue weighted by Gasteiger charge is 2.08. The molecule has 0 aliphatic heterocycles. The Labute approximate surface area is 112 Å². The van der Waals surface area contributed by atoms with Crippen molar-refractivity contribution in [2.45, 2.75) is 0 Å². The minimum absolute atomic E-state index is 0.0418. The lowest BCUT2D eigenvalue weighted by molar-refractivity contribution is 0.0994. The standard InChI is InChI=1S/C12H9FN6O/c13-7-3-6-1-2-15-10(6)8(4-7)17-12-16-5-9(11(14)20)18-19-12/h1-5,15H,(H2,14,20)(H,16,17,19). The molecule has 2 heterocycles. The fraction of sp³-hybridized carbons (Fsp3) is 0. The molecule has 3 aromatic rings. The zero-order valence-electron chi connectivity index (χ0n) is 10.1. The van der Waals surface area contributed by atoms with E-state index in [1.165, 1.54) is 18.3 Å². The topological polar surface area (TPSA) is 110 Å². The summed E-state index contributed by atoms with van der Waals surface area (Å²) < 4.78 is 13.5. The van der Waals surface area contributed by atoms with Crippen molar-refractivity contribution in [1.29, 1.82) is 0 Å². The molecule has 0 saturated heterocycles. The Bertz CT molecular complexity index is 782. The molecular weight excluding hydrogens is 263 g/mol. The second kappa shape index (κ2) is 4.57. The van der Waals surface area contributed by atoms with E-state index in [1.54, 1.807) is 12.3 Å². The van der Waals surface area contributed by atoms with Crippen molar-refractivity contribution >= 4 is 28.4 Å². The second-order valence-electron chi connectivity index (χ2n) is 4.05. The number of fused-ring (bicyclic) bond motifs is 1. The molecule has 7 nitrogen and oxygen atoms in total. The van der Waals surface area contributed by atoms with E-state index in [-0.39, 0.29) is 17.5 Å². The van der Waals surface area contributed by atoms with Crippen molar-refractivity contribution < 1.29 is 9.18 Å². The van der Waals surface area contributed by atoms with E-state index in [0.29, 0.717) is 16.6 Å². The predicted molar refractivity (Wildman–Crippen MR) is 69.9 cm³/mol. The van der Waals surface area contributed by atoms with E-state index in [0.717, 1.165) is 0 Å². The second-order valence-corrected chi connectivity index (χ2v) is 4.05. The fourth-order valence-electron chi connectivity index (χ4n) is 1.80. The summed E-state index contributed by atoms with van der Waals surface area (Å²) in [5, 5.41) is 10.9. The lowest BCUT2D eigenvalue weighted by Gasteiger charge is -2.06. The van der Waals surface area contributed by atoms with Crippen LogP contribution in [-0.2, 0) is 0 Å². The first-order valence-corrected chi connectivity index (χ1v) is 5.66. The monoisotopic (exact) mass is 272 g/mol. The Kier molecular flexibility index (Phi) is 2.75. The van der Waals surface area contributed by atoms with Gasteiger partial charge in [-0.05, 0) is 18.2 Å². The van der Waals surface area contributed by atoms with Gasteiger partial charge in [-0.15, -0.1) is 10.2 Å². The predicted octanol–water partition coefficient (Wildman–Crippen LogP) is 1.33. The van der Waals surface area contributed by atoms with E-state index in [2.05, 4.69) is 25.5 Å². The number of primary amides is 1. The number of carbonyl (C=O) groups excluding carboxylic acids is 1. The van der Waals surface area contributed by atoms with Gasteiger partial charge in [-0.1, -0.05) is 0 Å². The van der Waals surface area contributed by atoms with Crippen LogP contribution in [0.25, 0.3) is 10.9 Å². The summed E-state index contributed by atoms with van der Waals surface area (Å²) in [6.45, 7) is 0. The summed E-state index contributed by atoms with van der Waals surface area (Å²) in [5.74, 6) is -0.966. The molecule has 1 aromatic carbocycles. The van der Waals surface area contributed by atoms with Gasteiger partial charge in [0.05, 0.1) is 17.4 Å². The van der Waals surface area contributed by atoms with Gasteiger partial charge < -0.3 is 16.0 Å². The molecule has 4 N–H and O–H groups in total. The summed E-state index contributed by atoms with van der Waals surface area (Å²) in [7, 11) is 0. The number of hydrogen-bond donors (Lipinski definition) is 3. The Balaban J connectivity index is 1.96. The first-order valence-electron chi connectivity index (χ1n) is 5.66. The van der Waals surface area contributed by atoms with Gasteiger partial charge in [0.1, 0.15) is 5.82 Å². The average Bonchev–Trinajstić information content (AvgIpc) is 2.87. The fourth-order valence-corrected chi connectivity index (χ4v) is 1.80. The number of carbonyl (C=O) groups is 1. The smallest absolute Gasteiger partial charge is 0.270 e. The van der Waals surface area contributed by atoms with Gasteiger partial charge >= 0.3 is 0 Å². The molecule has 2 aromatic heterocycles. The number of amides is 1. The van der Waals surface area contributed by atoms with Crippen LogP contribution in [0.3, 0.4) is 0 Å². The molecule has 8 heteroatoms. The Morgan fingerprint density at radius 1 is 1.35 bits per heavy atom. The molecule has 3 rings (SSSR count). The van der Waals surface area contributed by atoms with Crippen LogP contribution in [0.2, 0.25) is 0 Å². The Hall–Kier alpha value is -3.03. The highest BCUT2D eigenvalue weighted by atomic mass is 19.1. The number of benzene rings is 1. The van der Waals surface area contributed by atoms with Crippen molar-refractivity contribution in [1.82, 2.24) is 20.2 Å². The van der Waals surface area contributed by atoms with Crippen molar-refractivity contribution in [3.63, 3.8) is 0 Å². The third-order valence-corrected chi connectivity index (χ3v) is 2.68. The number of aromatic amines is 1. The summed E-state index contributed by atoms with van der Waals surface area (Å²) in [6, 6.07) is 4.47. The quantitative estimate of drug-likeness (QED) is 0.666. The third kappa shape index (κ3) is 2.14. The van der Waals surface area contributed by atoms with Gasteiger partial charge in [-0.25, -0.2) is 9.37 Å². The van der Waals surface area contributed by atoms with Gasteiger partial charge in [0.2, 0.25) is 5.95 Å². The zero-order valence-corrected chi connectivity index (χ0v) is 10.1. The molecule has 0 aliphatic carbocycles. The first kappa shape index (κ1) is 12.0. The minimum atomic E-state index is -0.714. The van der Waals surface area contributed by atoms with E-state index >= 15 is 0 Å². The number of rotatable bonds is 3. The van der Waals surface area contributed by atoms with Crippen LogP contribution in [-0.4, -0.2) is 26.1 Å². The van der Waals surface area contributed by atoms with Gasteiger partial charge in [-0.3, -0.25) is 4.79 Å². The van der Waals surface area contributed by atoms with E-state index in [9.17, 15) is 9.18 Å². The van der Waals surface area contributed by atoms with Crippen molar-refractivity contribution in [2.75, 3.05) is 5.32 Å². The van der Waals surface area contributed by atoms with Crippen molar-refractivity contribution in [2.24, 2.45) is 5.73 Å². The van der Waals surface area contributed by atoms with Gasteiger partial charge in [-0.2, -0.15) is 0 Å². The molecule has 100 valence electrons. The summed E-state index contributed by atoms with van der Waals surface area (Å²) >= 11 is 0. The maximum atomic E-state index is 13.5. The summed E-state index contributed by atoms with van der Waals surface area (Å²) in [6.07, 6.45) is 2.90. The Morgan fingerprint density at radius 2 is 2.20 bits per heavy atom. The summed E-state index contributed by atoms with van der Waals surface area (Å²) in [5.41, 5.74) is 6.19. The van der Waals surface area contributed by atoms with Gasteiger partial charge in [0.15, 0.2) is 5.69 Å². The highest BCUT2D eigenvalue weighted by molar-refractivity contribution is 5.92. The maximum absolute atomic E-state index is 13.5. The number of halogens is 1. The Morgan fingerprint density at radius 3 is 2.90 bits per heavy atom. The number of nitrogens with one attached hydrogen (secondary N) is 2. The van der Waals surface area contributed by atoms with Crippen molar-refractivity contribution in [3.8, 4) is 0 Å². The van der Waals surface area contributed by atoms with Gasteiger partial charge in [0, 0.05) is 11.6 Å². The van der Waals surface area contributed by atoms with E-state index in [1.807, 2.05) is 0 Å². The van der Waals surface area contributed by atoms with Crippen LogP contribution in [0.1, 0.15) is 10.5 Å². The number of hydrogen-bond acceptors (Lipinski definition) is 5. The molecule has 0 spiro atoms. The molecule has 0 radical (unpaired) electrons. The lowest BCUT2D eigenvalue weighted by atomic mass is 10.2. The number of aromatic nitrogens is 4. The molecule has 0 fully saturated rings. The SMILES string of the molecule is NC(=O)c1cnc(Nc2cc(F)cc3cc[nH]c23)nn1. The van der Waals surface area contributed by atoms with Crippen LogP contribution >= 0.6 is 0 Å². The normalized spacial score (nSPS) is 10.7. The maximum Gasteiger partial charge on any atom is 0.270 e. The molecule has 20 heavy (non-hydrogen) atoms. The largest absolute Gasteiger partial charge is 0.364 e. The molecule has 0 unspecified atom stereocenters. The number of nitrogens with zero attached hydrogens (tertiary/aromatic N) is 3. The molecule has 1 amide bonds. The third-order valence-electron chi connectivity index (χ3n) is 2.68. The van der Waals surface area contributed by atoms with Crippen LogP contribution in [0.5, 0.6) is 0 Å². The lowest BCUT2D eigenvalue weighted by Crippen LogP contribution is -2.15. The molecule has 0 atom stereocenters. The first-order chi connectivity index (χ1) is 9.63.